The van der Waals surface area contributed by atoms with Crippen molar-refractivity contribution in [1.29, 1.82) is 0 Å². The molecular weight excluding hydrogens is 473 g/mol. The minimum absolute atomic E-state index is 0.0106. The van der Waals surface area contributed by atoms with Gasteiger partial charge in [0.05, 0.1) is 0 Å². The van der Waals surface area contributed by atoms with Crippen molar-refractivity contribution in [3.8, 4) is 0 Å². The second-order valence-corrected chi connectivity index (χ2v) is 10.4. The van der Waals surface area contributed by atoms with Gasteiger partial charge in [-0.2, -0.15) is 11.8 Å². The fourth-order valence-corrected chi connectivity index (χ4v) is 5.42. The van der Waals surface area contributed by atoms with Gasteiger partial charge in [0.15, 0.2) is 5.78 Å². The highest BCUT2D eigenvalue weighted by molar-refractivity contribution is 7.99. The number of nitrogens with zero attached hydrogens (tertiary/aromatic N) is 1. The molecule has 1 aliphatic heterocycles. The minimum Gasteiger partial charge on any atom is -0.464 e. The number of rotatable bonds is 7. The Morgan fingerprint density at radius 3 is 2.47 bits per heavy atom. The van der Waals surface area contributed by atoms with Crippen molar-refractivity contribution in [2.45, 2.75) is 38.5 Å². The average molecular weight is 500 g/mol. The first-order valence-corrected chi connectivity index (χ1v) is 13.0. The van der Waals surface area contributed by atoms with Crippen molar-refractivity contribution in [2.75, 3.05) is 18.1 Å². The fourth-order valence-electron chi connectivity index (χ4n) is 4.80. The number of allylic oxidation sites excluding steroid dienone is 2. The van der Waals surface area contributed by atoms with Crippen LogP contribution in [0.1, 0.15) is 49.7 Å². The molecule has 4 nitrogen and oxygen atoms in total. The number of Topliss-reactive ketones (excluding diaryl/α,β-unsaturated/α-hetero) is 1. The van der Waals surface area contributed by atoms with Gasteiger partial charge >= 0.3 is 5.97 Å². The molecule has 3 atom stereocenters. The summed E-state index contributed by atoms with van der Waals surface area (Å²) in [4.78, 5) is 31.5. The van der Waals surface area contributed by atoms with Gasteiger partial charge in [-0.1, -0.05) is 42.8 Å². The Morgan fingerprint density at radius 1 is 1.12 bits per heavy atom. The van der Waals surface area contributed by atoms with Crippen molar-refractivity contribution < 1.29 is 18.7 Å². The van der Waals surface area contributed by atoms with Gasteiger partial charge in [-0.15, -0.1) is 0 Å². The third-order valence-corrected chi connectivity index (χ3v) is 7.50. The van der Waals surface area contributed by atoms with E-state index in [4.69, 9.17) is 21.3 Å². The van der Waals surface area contributed by atoms with E-state index >= 15 is 0 Å². The summed E-state index contributed by atoms with van der Waals surface area (Å²) in [6.45, 7) is 4.16. The zero-order chi connectivity index (χ0) is 24.2. The lowest BCUT2D eigenvalue weighted by molar-refractivity contribution is -0.145. The molecule has 7 heteroatoms. The highest BCUT2D eigenvalue weighted by Gasteiger charge is 2.44. The maximum atomic E-state index is 13.7. The van der Waals surface area contributed by atoms with Gasteiger partial charge < -0.3 is 4.74 Å². The number of aliphatic imine (C=N–C) groups is 1. The number of hydrogen-bond donors (Lipinski definition) is 0. The summed E-state index contributed by atoms with van der Waals surface area (Å²) in [7, 11) is 0. The summed E-state index contributed by atoms with van der Waals surface area (Å²) in [5.74, 6) is -0.417. The van der Waals surface area contributed by atoms with E-state index in [1.807, 2.05) is 31.2 Å². The molecule has 4 rings (SSSR count). The van der Waals surface area contributed by atoms with Crippen LogP contribution in [-0.4, -0.2) is 35.6 Å². The molecule has 0 amide bonds. The number of ether oxygens (including phenoxy) is 1. The van der Waals surface area contributed by atoms with E-state index in [2.05, 4.69) is 6.92 Å². The summed E-state index contributed by atoms with van der Waals surface area (Å²) >= 11 is 7.73. The van der Waals surface area contributed by atoms with Crippen LogP contribution in [0.4, 0.5) is 4.39 Å². The Labute approximate surface area is 208 Å². The van der Waals surface area contributed by atoms with Crippen molar-refractivity contribution in [3.63, 3.8) is 0 Å². The number of carbonyl (C=O) groups is 2. The highest BCUT2D eigenvalue weighted by atomic mass is 35.5. The minimum atomic E-state index is -0.716. The second-order valence-electron chi connectivity index (χ2n) is 8.56. The van der Waals surface area contributed by atoms with Crippen LogP contribution in [0.25, 0.3) is 0 Å². The topological polar surface area (TPSA) is 55.7 Å². The van der Waals surface area contributed by atoms with Gasteiger partial charge in [0, 0.05) is 40.1 Å². The van der Waals surface area contributed by atoms with Gasteiger partial charge in [0.25, 0.3) is 0 Å². The van der Waals surface area contributed by atoms with Crippen LogP contribution < -0.4 is 0 Å². The van der Waals surface area contributed by atoms with Crippen LogP contribution in [-0.2, 0) is 14.3 Å². The Hall–Kier alpha value is -2.44. The third kappa shape index (κ3) is 5.28. The molecule has 0 fully saturated rings. The van der Waals surface area contributed by atoms with Gasteiger partial charge in [-0.3, -0.25) is 14.6 Å². The van der Waals surface area contributed by atoms with Gasteiger partial charge in [-0.25, -0.2) is 4.39 Å². The van der Waals surface area contributed by atoms with Crippen LogP contribution >= 0.6 is 23.4 Å². The molecule has 1 heterocycles. The zero-order valence-corrected chi connectivity index (χ0v) is 20.8. The predicted molar refractivity (Wildman–Crippen MR) is 135 cm³/mol. The maximum Gasteiger partial charge on any atom is 0.315 e. The first kappa shape index (κ1) is 24.7. The van der Waals surface area contributed by atoms with Crippen LogP contribution in [0.2, 0.25) is 5.02 Å². The Balaban J connectivity index is 1.70. The average Bonchev–Trinajstić information content (AvgIpc) is 2.81. The molecule has 34 heavy (non-hydrogen) atoms. The number of esters is 1. The van der Waals surface area contributed by atoms with Crippen LogP contribution in [0, 0.1) is 11.7 Å². The molecule has 0 aromatic heterocycles. The number of carbonyl (C=O) groups excluding carboxylic acids is 2. The molecular formula is C27H27ClFNO3S. The lowest BCUT2D eigenvalue weighted by Gasteiger charge is -2.36. The molecule has 2 aromatic carbocycles. The maximum absolute atomic E-state index is 13.7. The van der Waals surface area contributed by atoms with Gasteiger partial charge in [0.1, 0.15) is 18.3 Å². The standard InChI is InChI=1S/C27H27ClFNO3S/c1-3-34-13-12-33-27(32)24-16(2)30-22-14-19(17-4-8-20(28)9-5-17)15-23(31)26(22)25(24)18-6-10-21(29)11-7-18/h4-11,19,24-25H,3,12-15H2,1-2H3/t19-,24?,25+/m0/s1. The van der Waals surface area contributed by atoms with E-state index < -0.39 is 17.8 Å². The summed E-state index contributed by atoms with van der Waals surface area (Å²) in [6, 6.07) is 13.6. The summed E-state index contributed by atoms with van der Waals surface area (Å²) in [5, 5.41) is 0.646. The number of hydrogen-bond acceptors (Lipinski definition) is 5. The van der Waals surface area contributed by atoms with E-state index in [-0.39, 0.29) is 17.5 Å². The van der Waals surface area contributed by atoms with Crippen molar-refractivity contribution in [1.82, 2.24) is 0 Å². The van der Waals surface area contributed by atoms with Gasteiger partial charge in [-0.05, 0) is 60.4 Å². The molecule has 1 unspecified atom stereocenters. The summed E-state index contributed by atoms with van der Waals surface area (Å²) < 4.78 is 19.3. The number of halogens is 2. The number of ketones is 1. The van der Waals surface area contributed by atoms with Crippen LogP contribution in [0.3, 0.4) is 0 Å². The third-order valence-electron chi connectivity index (χ3n) is 6.39. The molecule has 178 valence electrons. The van der Waals surface area contributed by atoms with Crippen molar-refractivity contribution >= 4 is 40.8 Å². The molecule has 0 saturated carbocycles. The zero-order valence-electron chi connectivity index (χ0n) is 19.2. The molecule has 1 aliphatic carbocycles. The Bertz CT molecular complexity index is 1130. The van der Waals surface area contributed by atoms with Crippen molar-refractivity contribution in [3.05, 3.63) is 81.8 Å². The normalized spacial score (nSPS) is 22.3. The monoisotopic (exact) mass is 499 g/mol. The lowest BCUT2D eigenvalue weighted by Crippen LogP contribution is -2.38. The molecule has 0 saturated heterocycles. The second kappa shape index (κ2) is 10.9. The molecule has 0 spiro atoms. The SMILES string of the molecule is CCSCCOC(=O)C1C(C)=NC2=C(C(=O)C[C@@H](c3ccc(Cl)cc3)C2)[C@@H]1c1ccc(F)cc1. The van der Waals surface area contributed by atoms with E-state index in [9.17, 15) is 14.0 Å². The fraction of sp³-hybridized carbons (Fsp3) is 0.370. The summed E-state index contributed by atoms with van der Waals surface area (Å²) in [5.41, 5.74) is 3.61. The van der Waals surface area contributed by atoms with E-state index in [0.29, 0.717) is 52.8 Å². The first-order chi connectivity index (χ1) is 16.4. The molecule has 0 bridgehead atoms. The predicted octanol–water partition coefficient (Wildman–Crippen LogP) is 6.35. The highest BCUT2D eigenvalue weighted by Crippen LogP contribution is 2.46. The van der Waals surface area contributed by atoms with E-state index in [0.717, 1.165) is 11.3 Å². The van der Waals surface area contributed by atoms with E-state index in [1.165, 1.54) is 12.1 Å². The Morgan fingerprint density at radius 2 is 1.79 bits per heavy atom. The van der Waals surface area contributed by atoms with E-state index in [1.54, 1.807) is 23.9 Å². The quantitative estimate of drug-likeness (QED) is 0.329. The van der Waals surface area contributed by atoms with Crippen LogP contribution in [0.5, 0.6) is 0 Å². The molecule has 2 aromatic rings. The lowest BCUT2D eigenvalue weighted by atomic mass is 9.69. The number of benzene rings is 2. The Kier molecular flexibility index (Phi) is 7.89. The molecule has 0 radical (unpaired) electrons. The largest absolute Gasteiger partial charge is 0.464 e. The van der Waals surface area contributed by atoms with Gasteiger partial charge in [0.2, 0.25) is 0 Å². The first-order valence-electron chi connectivity index (χ1n) is 11.5. The van der Waals surface area contributed by atoms with Crippen molar-refractivity contribution in [2.24, 2.45) is 10.9 Å². The molecule has 2 aliphatic rings. The molecule has 0 N–H and O–H groups in total. The number of thioether (sulfide) groups is 1. The summed E-state index contributed by atoms with van der Waals surface area (Å²) in [6.07, 6.45) is 0.911. The van der Waals surface area contributed by atoms with Crippen LogP contribution in [0.15, 0.2) is 64.8 Å². The smallest absolute Gasteiger partial charge is 0.315 e.